The second kappa shape index (κ2) is 4.67. The molecule has 0 rings (SSSR count). The number of hydrogen-bond donors (Lipinski definition) is 0. The van der Waals surface area contributed by atoms with Gasteiger partial charge in [0.15, 0.2) is 0 Å². The molecule has 0 aromatic rings. The molecule has 0 saturated heterocycles. The van der Waals surface area contributed by atoms with Crippen molar-refractivity contribution < 1.29 is 17.6 Å². The molecule has 0 amide bonds. The van der Waals surface area contributed by atoms with Crippen molar-refractivity contribution in [2.75, 3.05) is 0 Å². The molecule has 12 heavy (non-hydrogen) atoms. The van der Waals surface area contributed by atoms with Gasteiger partial charge in [0, 0.05) is 0 Å². The molecule has 0 heterocycles. The van der Waals surface area contributed by atoms with E-state index in [0.29, 0.717) is 6.42 Å². The predicted molar refractivity (Wildman–Crippen MR) is 39.6 cm³/mol. The van der Waals surface area contributed by atoms with E-state index in [1.807, 2.05) is 0 Å². The van der Waals surface area contributed by atoms with Crippen LogP contribution in [0.5, 0.6) is 0 Å². The maximum absolute atomic E-state index is 12.8. The van der Waals surface area contributed by atoms with E-state index in [-0.39, 0.29) is 12.8 Å². The summed E-state index contributed by atoms with van der Waals surface area (Å²) in [6.07, 6.45) is -5.85. The summed E-state index contributed by atoms with van der Waals surface area (Å²) < 4.78 is 49.0. The van der Waals surface area contributed by atoms with Crippen LogP contribution in [-0.4, -0.2) is 12.3 Å². The summed E-state index contributed by atoms with van der Waals surface area (Å²) in [6.45, 7) is 3.04. The lowest BCUT2D eigenvalue weighted by Gasteiger charge is -2.21. The third kappa shape index (κ3) is 3.41. The number of alkyl halides is 4. The van der Waals surface area contributed by atoms with Crippen molar-refractivity contribution in [1.82, 2.24) is 0 Å². The molecule has 0 aliphatic carbocycles. The minimum atomic E-state index is -4.39. The first-order valence-electron chi connectivity index (χ1n) is 4.14. The van der Waals surface area contributed by atoms with Crippen molar-refractivity contribution in [1.29, 1.82) is 0 Å². The first-order chi connectivity index (χ1) is 5.43. The van der Waals surface area contributed by atoms with Gasteiger partial charge in [-0.2, -0.15) is 13.2 Å². The SMILES string of the molecule is CCC[C@@H](F)C(CC)C(F)(F)F. The summed E-state index contributed by atoms with van der Waals surface area (Å²) in [6, 6.07) is 0. The first-order valence-corrected chi connectivity index (χ1v) is 4.14. The van der Waals surface area contributed by atoms with E-state index in [2.05, 4.69) is 0 Å². The van der Waals surface area contributed by atoms with Crippen LogP contribution in [-0.2, 0) is 0 Å². The summed E-state index contributed by atoms with van der Waals surface area (Å²) >= 11 is 0. The van der Waals surface area contributed by atoms with E-state index in [4.69, 9.17) is 0 Å². The number of rotatable bonds is 4. The lowest BCUT2D eigenvalue weighted by molar-refractivity contribution is -0.192. The van der Waals surface area contributed by atoms with Crippen LogP contribution >= 0.6 is 0 Å². The fourth-order valence-corrected chi connectivity index (χ4v) is 1.17. The number of halogens is 4. The van der Waals surface area contributed by atoms with Gasteiger partial charge < -0.3 is 0 Å². The molecule has 0 spiro atoms. The highest BCUT2D eigenvalue weighted by Crippen LogP contribution is 2.34. The van der Waals surface area contributed by atoms with E-state index in [9.17, 15) is 17.6 Å². The van der Waals surface area contributed by atoms with E-state index >= 15 is 0 Å². The average Bonchev–Trinajstić information content (AvgIpc) is 1.85. The molecule has 0 radical (unpaired) electrons. The molecule has 0 fully saturated rings. The number of hydrogen-bond acceptors (Lipinski definition) is 0. The molecule has 0 aliphatic heterocycles. The standard InChI is InChI=1S/C8H14F4/c1-3-5-7(9)6(4-2)8(10,11)12/h6-7H,3-5H2,1-2H3/t6?,7-/m1/s1. The second-order valence-electron chi connectivity index (χ2n) is 2.86. The highest BCUT2D eigenvalue weighted by molar-refractivity contribution is 4.74. The maximum Gasteiger partial charge on any atom is 0.394 e. The van der Waals surface area contributed by atoms with Gasteiger partial charge in [-0.05, 0) is 12.8 Å². The largest absolute Gasteiger partial charge is 0.394 e. The molecule has 0 aromatic heterocycles. The van der Waals surface area contributed by atoms with Gasteiger partial charge in [-0.25, -0.2) is 4.39 Å². The van der Waals surface area contributed by atoms with Gasteiger partial charge in [0.05, 0.1) is 5.92 Å². The monoisotopic (exact) mass is 186 g/mol. The summed E-state index contributed by atoms with van der Waals surface area (Å²) in [7, 11) is 0. The molecule has 0 aliphatic rings. The minimum absolute atomic E-state index is 0.00197. The van der Waals surface area contributed by atoms with Crippen LogP contribution in [0.1, 0.15) is 33.1 Å². The molecule has 0 N–H and O–H groups in total. The lowest BCUT2D eigenvalue weighted by Crippen LogP contribution is -2.30. The fourth-order valence-electron chi connectivity index (χ4n) is 1.17. The zero-order valence-electron chi connectivity index (χ0n) is 7.29. The lowest BCUT2D eigenvalue weighted by atomic mass is 9.97. The summed E-state index contributed by atoms with van der Waals surface area (Å²) in [4.78, 5) is 0. The van der Waals surface area contributed by atoms with Crippen LogP contribution in [0, 0.1) is 5.92 Å². The molecular weight excluding hydrogens is 172 g/mol. The highest BCUT2D eigenvalue weighted by atomic mass is 19.4. The van der Waals surface area contributed by atoms with Crippen LogP contribution in [0.4, 0.5) is 17.6 Å². The third-order valence-corrected chi connectivity index (χ3v) is 1.86. The molecule has 0 nitrogen and oxygen atoms in total. The second-order valence-corrected chi connectivity index (χ2v) is 2.86. The van der Waals surface area contributed by atoms with E-state index < -0.39 is 18.3 Å². The van der Waals surface area contributed by atoms with Gasteiger partial charge >= 0.3 is 6.18 Å². The molecule has 1 unspecified atom stereocenters. The van der Waals surface area contributed by atoms with Crippen molar-refractivity contribution in [3.8, 4) is 0 Å². The van der Waals surface area contributed by atoms with Gasteiger partial charge in [0.25, 0.3) is 0 Å². The fraction of sp³-hybridized carbons (Fsp3) is 1.00. The van der Waals surface area contributed by atoms with Crippen molar-refractivity contribution in [2.45, 2.75) is 45.5 Å². The van der Waals surface area contributed by atoms with Gasteiger partial charge in [-0.3, -0.25) is 0 Å². The van der Waals surface area contributed by atoms with Crippen molar-refractivity contribution in [2.24, 2.45) is 5.92 Å². The zero-order valence-corrected chi connectivity index (χ0v) is 7.29. The van der Waals surface area contributed by atoms with Crippen LogP contribution in [0.2, 0.25) is 0 Å². The average molecular weight is 186 g/mol. The van der Waals surface area contributed by atoms with Crippen LogP contribution < -0.4 is 0 Å². The quantitative estimate of drug-likeness (QED) is 0.587. The molecule has 0 aromatic carbocycles. The van der Waals surface area contributed by atoms with Gasteiger partial charge in [-0.15, -0.1) is 0 Å². The van der Waals surface area contributed by atoms with Crippen LogP contribution in [0.25, 0.3) is 0 Å². The predicted octanol–water partition coefficient (Wildman–Crippen LogP) is 3.71. The van der Waals surface area contributed by atoms with Crippen molar-refractivity contribution >= 4 is 0 Å². The Kier molecular flexibility index (Phi) is 4.57. The Morgan fingerprint density at radius 3 is 1.92 bits per heavy atom. The normalized spacial score (nSPS) is 17.5. The van der Waals surface area contributed by atoms with Crippen LogP contribution in [0.15, 0.2) is 0 Å². The summed E-state index contributed by atoms with van der Waals surface area (Å²) in [5.74, 6) is -1.78. The third-order valence-electron chi connectivity index (χ3n) is 1.86. The Morgan fingerprint density at radius 2 is 1.67 bits per heavy atom. The van der Waals surface area contributed by atoms with E-state index in [1.54, 1.807) is 6.92 Å². The van der Waals surface area contributed by atoms with Crippen molar-refractivity contribution in [3.05, 3.63) is 0 Å². The Bertz CT molecular complexity index is 119. The summed E-state index contributed by atoms with van der Waals surface area (Å²) in [5, 5.41) is 0. The van der Waals surface area contributed by atoms with Gasteiger partial charge in [0.2, 0.25) is 0 Å². The van der Waals surface area contributed by atoms with Crippen LogP contribution in [0.3, 0.4) is 0 Å². The summed E-state index contributed by atoms with van der Waals surface area (Å²) in [5.41, 5.74) is 0. The molecule has 0 bridgehead atoms. The van der Waals surface area contributed by atoms with E-state index in [0.717, 1.165) is 0 Å². The Morgan fingerprint density at radius 1 is 1.17 bits per heavy atom. The Balaban J connectivity index is 4.14. The Labute approximate surface area is 70.0 Å². The van der Waals surface area contributed by atoms with Crippen molar-refractivity contribution in [3.63, 3.8) is 0 Å². The Hall–Kier alpha value is -0.280. The minimum Gasteiger partial charge on any atom is -0.247 e. The molecule has 74 valence electrons. The van der Waals surface area contributed by atoms with Gasteiger partial charge in [0.1, 0.15) is 6.17 Å². The molecule has 4 heteroatoms. The topological polar surface area (TPSA) is 0 Å². The molecular formula is C8H14F4. The smallest absolute Gasteiger partial charge is 0.247 e. The maximum atomic E-state index is 12.8. The molecule has 2 atom stereocenters. The highest BCUT2D eigenvalue weighted by Gasteiger charge is 2.43. The van der Waals surface area contributed by atoms with E-state index in [1.165, 1.54) is 6.92 Å². The zero-order chi connectivity index (χ0) is 9.78. The first kappa shape index (κ1) is 11.7. The van der Waals surface area contributed by atoms with Gasteiger partial charge in [-0.1, -0.05) is 20.3 Å². The molecule has 0 saturated carbocycles.